The fourth-order valence-electron chi connectivity index (χ4n) is 5.79. The topological polar surface area (TPSA) is 42.4 Å². The fraction of sp³-hybridized carbons (Fsp3) is 0.594. The predicted octanol–water partition coefficient (Wildman–Crippen LogP) is 9.35. The molecule has 1 aromatic heterocycles. The number of aliphatic hydroxyl groups is 1. The number of aliphatic hydroxyl groups excluding tert-OH is 1. The molecular weight excluding hydrogens is 515 g/mol. The highest BCUT2D eigenvalue weighted by atomic mass is 28.4. The van der Waals surface area contributed by atoms with Crippen LogP contribution in [0, 0.1) is 5.41 Å². The Morgan fingerprint density at radius 1 is 1.13 bits per heavy atom. The van der Waals surface area contributed by atoms with Crippen LogP contribution in [0.2, 0.25) is 18.1 Å². The van der Waals surface area contributed by atoms with Gasteiger partial charge in [-0.2, -0.15) is 13.2 Å². The molecule has 1 N–H and O–H groups in total. The number of aromatic nitrogens is 1. The van der Waals surface area contributed by atoms with Gasteiger partial charge < -0.3 is 9.53 Å². The summed E-state index contributed by atoms with van der Waals surface area (Å²) in [4.78, 5) is 5.17. The van der Waals surface area contributed by atoms with Crippen molar-refractivity contribution >= 4 is 13.9 Å². The lowest BCUT2D eigenvalue weighted by molar-refractivity contribution is -0.137. The van der Waals surface area contributed by atoms with Gasteiger partial charge >= 0.3 is 6.18 Å². The number of aryl methyl sites for hydroxylation is 1. The molecule has 4 rings (SSSR count). The van der Waals surface area contributed by atoms with E-state index in [-0.39, 0.29) is 16.6 Å². The van der Waals surface area contributed by atoms with E-state index in [0.717, 1.165) is 72.3 Å². The Labute approximate surface area is 233 Å². The van der Waals surface area contributed by atoms with Gasteiger partial charge in [-0.3, -0.25) is 4.98 Å². The van der Waals surface area contributed by atoms with E-state index in [1.165, 1.54) is 17.7 Å². The smallest absolute Gasteiger partial charge is 0.410 e. The summed E-state index contributed by atoms with van der Waals surface area (Å²) in [5.41, 5.74) is 5.63. The molecule has 0 bridgehead atoms. The van der Waals surface area contributed by atoms with Crippen LogP contribution in [0.3, 0.4) is 0 Å². The van der Waals surface area contributed by atoms with Gasteiger partial charge in [0.25, 0.3) is 0 Å². The lowest BCUT2D eigenvalue weighted by Crippen LogP contribution is -2.44. The molecule has 2 aromatic rings. The van der Waals surface area contributed by atoms with Crippen molar-refractivity contribution in [1.29, 1.82) is 0 Å². The molecular formula is C32H44F3NO2Si. The first-order chi connectivity index (χ1) is 17.9. The minimum Gasteiger partial charge on any atom is -0.410 e. The summed E-state index contributed by atoms with van der Waals surface area (Å²) >= 11 is 0. The van der Waals surface area contributed by atoms with E-state index < -0.39 is 26.2 Å². The summed E-state index contributed by atoms with van der Waals surface area (Å²) < 4.78 is 46.9. The summed E-state index contributed by atoms with van der Waals surface area (Å²) in [6.45, 7) is 17.8. The van der Waals surface area contributed by atoms with E-state index >= 15 is 0 Å². The van der Waals surface area contributed by atoms with Crippen molar-refractivity contribution in [3.8, 4) is 0 Å². The summed E-state index contributed by atoms with van der Waals surface area (Å²) in [7, 11) is -2.16. The zero-order valence-corrected chi connectivity index (χ0v) is 25.7. The largest absolute Gasteiger partial charge is 0.416 e. The van der Waals surface area contributed by atoms with E-state index in [1.807, 2.05) is 6.92 Å². The second-order valence-electron chi connectivity index (χ2n) is 13.6. The Bertz CT molecular complexity index is 1240. The molecule has 7 heteroatoms. The van der Waals surface area contributed by atoms with Crippen LogP contribution in [0.1, 0.15) is 119 Å². The molecule has 0 spiro atoms. The summed E-state index contributed by atoms with van der Waals surface area (Å²) in [6, 6.07) is 4.89. The number of halogens is 3. The highest BCUT2D eigenvalue weighted by molar-refractivity contribution is 6.74. The van der Waals surface area contributed by atoms with Gasteiger partial charge in [0.1, 0.15) is 6.10 Å². The van der Waals surface area contributed by atoms with E-state index in [9.17, 15) is 18.3 Å². The van der Waals surface area contributed by atoms with Gasteiger partial charge in [0.05, 0.1) is 11.7 Å². The molecule has 1 aromatic carbocycles. The SMILES string of the molecule is CCc1nc2c(c(C3=CCCC3)c1[C@H](O)c1ccc(C(F)(F)F)cc1)C(O[Si](C)(C)C(C)(C)C)CC(C)(C)C2. The fourth-order valence-corrected chi connectivity index (χ4v) is 7.06. The molecule has 2 aliphatic rings. The molecule has 0 saturated heterocycles. The van der Waals surface area contributed by atoms with Gasteiger partial charge in [-0.25, -0.2) is 0 Å². The van der Waals surface area contributed by atoms with Crippen LogP contribution in [0.25, 0.3) is 5.57 Å². The van der Waals surface area contributed by atoms with Crippen LogP contribution in [0.5, 0.6) is 0 Å². The van der Waals surface area contributed by atoms with Gasteiger partial charge in [0.15, 0.2) is 8.32 Å². The third-order valence-electron chi connectivity index (χ3n) is 8.90. The molecule has 1 heterocycles. The average molecular weight is 560 g/mol. The number of fused-ring (bicyclic) bond motifs is 1. The lowest BCUT2D eigenvalue weighted by Gasteiger charge is -2.45. The van der Waals surface area contributed by atoms with Crippen molar-refractivity contribution in [1.82, 2.24) is 4.98 Å². The summed E-state index contributed by atoms with van der Waals surface area (Å²) in [5.74, 6) is 0. The molecule has 0 radical (unpaired) electrons. The number of nitrogens with zero attached hydrogens (tertiary/aromatic N) is 1. The van der Waals surface area contributed by atoms with Gasteiger partial charge in [0, 0.05) is 22.5 Å². The molecule has 39 heavy (non-hydrogen) atoms. The molecule has 0 fully saturated rings. The molecule has 3 nitrogen and oxygen atoms in total. The molecule has 0 aliphatic heterocycles. The highest BCUT2D eigenvalue weighted by Gasteiger charge is 2.45. The van der Waals surface area contributed by atoms with Crippen LogP contribution in [-0.2, 0) is 23.4 Å². The molecule has 0 amide bonds. The predicted molar refractivity (Wildman–Crippen MR) is 154 cm³/mol. The van der Waals surface area contributed by atoms with E-state index in [1.54, 1.807) is 0 Å². The number of benzene rings is 1. The highest BCUT2D eigenvalue weighted by Crippen LogP contribution is 2.51. The minimum absolute atomic E-state index is 0.00687. The number of rotatable bonds is 6. The molecule has 214 valence electrons. The quantitative estimate of drug-likeness (QED) is 0.359. The van der Waals surface area contributed by atoms with Crippen LogP contribution < -0.4 is 0 Å². The lowest BCUT2D eigenvalue weighted by atomic mass is 9.71. The average Bonchev–Trinajstić information content (AvgIpc) is 3.35. The third-order valence-corrected chi connectivity index (χ3v) is 13.4. The molecule has 2 atom stereocenters. The Morgan fingerprint density at radius 3 is 2.28 bits per heavy atom. The Hall–Kier alpha value is -1.96. The number of allylic oxidation sites excluding steroid dienone is 2. The zero-order valence-electron chi connectivity index (χ0n) is 24.7. The summed E-state index contributed by atoms with van der Waals surface area (Å²) in [5, 5.41) is 11.8. The van der Waals surface area contributed by atoms with Crippen LogP contribution >= 0.6 is 0 Å². The molecule has 2 aliphatic carbocycles. The van der Waals surface area contributed by atoms with Crippen LogP contribution in [0.15, 0.2) is 30.3 Å². The van der Waals surface area contributed by atoms with Crippen molar-refractivity contribution in [2.24, 2.45) is 5.41 Å². The monoisotopic (exact) mass is 559 g/mol. The maximum Gasteiger partial charge on any atom is 0.416 e. The zero-order chi connectivity index (χ0) is 29.0. The maximum atomic E-state index is 13.3. The molecule has 0 saturated carbocycles. The number of alkyl halides is 3. The summed E-state index contributed by atoms with van der Waals surface area (Å²) in [6.07, 6.45) is 1.83. The van der Waals surface area contributed by atoms with Crippen molar-refractivity contribution in [3.63, 3.8) is 0 Å². The van der Waals surface area contributed by atoms with E-state index in [0.29, 0.717) is 12.0 Å². The Morgan fingerprint density at radius 2 is 1.77 bits per heavy atom. The Kier molecular flexibility index (Phi) is 8.05. The first-order valence-corrected chi connectivity index (χ1v) is 17.1. The Balaban J connectivity index is 1.95. The van der Waals surface area contributed by atoms with Gasteiger partial charge in [-0.1, -0.05) is 59.8 Å². The molecule has 1 unspecified atom stereocenters. The third kappa shape index (κ3) is 6.05. The van der Waals surface area contributed by atoms with Crippen molar-refractivity contribution < 1.29 is 22.7 Å². The normalized spacial score (nSPS) is 20.5. The van der Waals surface area contributed by atoms with Gasteiger partial charge in [-0.05, 0) is 90.9 Å². The van der Waals surface area contributed by atoms with Gasteiger partial charge in [-0.15, -0.1) is 0 Å². The van der Waals surface area contributed by atoms with Crippen molar-refractivity contribution in [3.05, 3.63) is 69.5 Å². The standard InChI is InChI=1S/C32H44F3NO2Si/c1-9-23-28(29(37)21-14-16-22(17-15-21)32(33,34)35)26(20-12-10-11-13-20)27-24(36-23)18-31(5,6)19-25(27)38-39(7,8)30(2,3)4/h12,14-17,25,29,37H,9-11,13,18-19H2,1-8H3/t25?,29-/m1/s1. The van der Waals surface area contributed by atoms with Crippen LogP contribution in [-0.4, -0.2) is 18.4 Å². The minimum atomic E-state index is -4.42. The van der Waals surface area contributed by atoms with Crippen molar-refractivity contribution in [2.75, 3.05) is 0 Å². The van der Waals surface area contributed by atoms with Crippen molar-refractivity contribution in [2.45, 2.75) is 117 Å². The first-order valence-electron chi connectivity index (χ1n) is 14.2. The second-order valence-corrected chi connectivity index (χ2v) is 18.4. The van der Waals surface area contributed by atoms with Crippen LogP contribution in [0.4, 0.5) is 13.2 Å². The van der Waals surface area contributed by atoms with E-state index in [4.69, 9.17) is 9.41 Å². The number of hydrogen-bond donors (Lipinski definition) is 1. The first kappa shape index (κ1) is 30.0. The number of pyridine rings is 1. The van der Waals surface area contributed by atoms with Gasteiger partial charge in [0.2, 0.25) is 0 Å². The second kappa shape index (κ2) is 10.5. The maximum absolute atomic E-state index is 13.3. The number of hydrogen-bond acceptors (Lipinski definition) is 3. The van der Waals surface area contributed by atoms with E-state index in [2.05, 4.69) is 53.8 Å².